The van der Waals surface area contributed by atoms with Crippen LogP contribution in [0.2, 0.25) is 0 Å². The van der Waals surface area contributed by atoms with Crippen molar-refractivity contribution in [2.24, 2.45) is 5.84 Å². The third-order valence-corrected chi connectivity index (χ3v) is 1.89. The minimum Gasteiger partial charge on any atom is -0.379 e. The normalized spacial score (nSPS) is 13.9. The van der Waals surface area contributed by atoms with Crippen molar-refractivity contribution >= 4 is 0 Å². The maximum Gasteiger partial charge on any atom is 0.0638 e. The van der Waals surface area contributed by atoms with Crippen molar-refractivity contribution in [3.63, 3.8) is 0 Å². The summed E-state index contributed by atoms with van der Waals surface area (Å²) in [6, 6.07) is 0.130. The fraction of sp³-hybridized carbons (Fsp3) is 0.778. The first-order valence-corrected chi connectivity index (χ1v) is 4.00. The van der Waals surface area contributed by atoms with E-state index in [2.05, 4.69) is 11.3 Å². The van der Waals surface area contributed by atoms with Crippen LogP contribution in [0.3, 0.4) is 0 Å². The zero-order valence-electron chi connectivity index (χ0n) is 8.05. The van der Waals surface area contributed by atoms with E-state index in [9.17, 15) is 0 Å². The van der Waals surface area contributed by atoms with Gasteiger partial charge in [-0.25, -0.2) is 0 Å². The molecule has 0 bridgehead atoms. The fourth-order valence-electron chi connectivity index (χ4n) is 1.01. The zero-order chi connectivity index (χ0) is 9.61. The van der Waals surface area contributed by atoms with E-state index in [1.165, 1.54) is 0 Å². The van der Waals surface area contributed by atoms with Crippen molar-refractivity contribution in [2.45, 2.75) is 38.3 Å². The van der Waals surface area contributed by atoms with Gasteiger partial charge in [0.25, 0.3) is 0 Å². The Balaban J connectivity index is 3.94. The number of nitrogens with one attached hydrogen (secondary N) is 1. The van der Waals surface area contributed by atoms with Gasteiger partial charge in [0.15, 0.2) is 0 Å². The van der Waals surface area contributed by atoms with Gasteiger partial charge in [0.2, 0.25) is 0 Å². The van der Waals surface area contributed by atoms with Crippen molar-refractivity contribution < 1.29 is 4.74 Å². The second-order valence-corrected chi connectivity index (χ2v) is 3.44. The molecule has 0 amide bonds. The van der Waals surface area contributed by atoms with Gasteiger partial charge in [0.05, 0.1) is 5.60 Å². The monoisotopic (exact) mass is 170 g/mol. The Morgan fingerprint density at radius 1 is 1.67 bits per heavy atom. The molecule has 1 unspecified atom stereocenters. The summed E-state index contributed by atoms with van der Waals surface area (Å²) >= 11 is 0. The highest BCUT2D eigenvalue weighted by Gasteiger charge is 2.21. The van der Waals surface area contributed by atoms with Gasteiger partial charge in [-0.1, -0.05) is 0 Å². The molecule has 0 rings (SSSR count). The number of nitrogens with two attached hydrogens (primary N) is 1. The smallest absolute Gasteiger partial charge is 0.0638 e. The highest BCUT2D eigenvalue weighted by Crippen LogP contribution is 2.16. The Kier molecular flexibility index (Phi) is 4.91. The number of ether oxygens (including phenoxy) is 1. The van der Waals surface area contributed by atoms with Crippen LogP contribution in [0.25, 0.3) is 0 Å². The highest BCUT2D eigenvalue weighted by molar-refractivity contribution is 4.91. The third-order valence-electron chi connectivity index (χ3n) is 1.89. The average Bonchev–Trinajstić information content (AvgIpc) is 2.03. The number of methoxy groups -OCH3 is 1. The van der Waals surface area contributed by atoms with Crippen LogP contribution >= 0.6 is 0 Å². The summed E-state index contributed by atoms with van der Waals surface area (Å²) < 4.78 is 5.25. The van der Waals surface area contributed by atoms with E-state index in [0.29, 0.717) is 6.42 Å². The Bertz CT molecular complexity index is 160. The molecule has 70 valence electrons. The lowest BCUT2D eigenvalue weighted by Gasteiger charge is -2.27. The maximum absolute atomic E-state index is 5.32. The lowest BCUT2D eigenvalue weighted by atomic mass is 9.97. The Morgan fingerprint density at radius 2 is 2.25 bits per heavy atom. The van der Waals surface area contributed by atoms with Crippen molar-refractivity contribution in [1.29, 1.82) is 0 Å². The molecule has 0 saturated carbocycles. The Morgan fingerprint density at radius 3 is 2.58 bits per heavy atom. The van der Waals surface area contributed by atoms with Crippen LogP contribution in [0.15, 0.2) is 0 Å². The van der Waals surface area contributed by atoms with Crippen molar-refractivity contribution in [2.75, 3.05) is 7.11 Å². The van der Waals surface area contributed by atoms with Crippen molar-refractivity contribution in [3.05, 3.63) is 0 Å². The fourth-order valence-corrected chi connectivity index (χ4v) is 1.01. The molecule has 0 aromatic rings. The number of hydrogen-bond donors (Lipinski definition) is 2. The molecule has 12 heavy (non-hydrogen) atoms. The molecule has 3 heteroatoms. The van der Waals surface area contributed by atoms with E-state index in [0.717, 1.165) is 6.42 Å². The van der Waals surface area contributed by atoms with Gasteiger partial charge in [-0.15, -0.1) is 12.3 Å². The second kappa shape index (κ2) is 5.15. The van der Waals surface area contributed by atoms with E-state index in [-0.39, 0.29) is 11.6 Å². The molecular weight excluding hydrogens is 152 g/mol. The third kappa shape index (κ3) is 4.35. The van der Waals surface area contributed by atoms with E-state index < -0.39 is 0 Å². The summed E-state index contributed by atoms with van der Waals surface area (Å²) in [5.41, 5.74) is 2.50. The molecule has 0 aliphatic carbocycles. The topological polar surface area (TPSA) is 47.3 Å². The SMILES string of the molecule is C#CCC(CC(C)(C)OC)NN. The summed E-state index contributed by atoms with van der Waals surface area (Å²) in [7, 11) is 1.68. The zero-order valence-corrected chi connectivity index (χ0v) is 8.05. The molecule has 0 aliphatic heterocycles. The van der Waals surface area contributed by atoms with Crippen molar-refractivity contribution in [1.82, 2.24) is 5.43 Å². The van der Waals surface area contributed by atoms with Gasteiger partial charge in [-0.05, 0) is 20.3 Å². The molecule has 0 aromatic heterocycles. The van der Waals surface area contributed by atoms with Crippen LogP contribution in [0.1, 0.15) is 26.7 Å². The minimum absolute atomic E-state index is 0.130. The number of hydrazine groups is 1. The van der Waals surface area contributed by atoms with Crippen LogP contribution in [0.4, 0.5) is 0 Å². The molecule has 3 N–H and O–H groups in total. The van der Waals surface area contributed by atoms with E-state index in [1.807, 2.05) is 13.8 Å². The van der Waals surface area contributed by atoms with Crippen LogP contribution in [-0.2, 0) is 4.74 Å². The van der Waals surface area contributed by atoms with E-state index in [4.69, 9.17) is 17.0 Å². The van der Waals surface area contributed by atoms with Gasteiger partial charge >= 0.3 is 0 Å². The van der Waals surface area contributed by atoms with Crippen LogP contribution in [-0.4, -0.2) is 18.8 Å². The molecular formula is C9H18N2O. The van der Waals surface area contributed by atoms with Gasteiger partial charge in [0.1, 0.15) is 0 Å². The predicted molar refractivity (Wildman–Crippen MR) is 50.3 cm³/mol. The van der Waals surface area contributed by atoms with Gasteiger partial charge in [0, 0.05) is 19.6 Å². The van der Waals surface area contributed by atoms with Crippen molar-refractivity contribution in [3.8, 4) is 12.3 Å². The Hall–Kier alpha value is -0.560. The first-order chi connectivity index (χ1) is 5.55. The van der Waals surface area contributed by atoms with Crippen LogP contribution in [0, 0.1) is 12.3 Å². The predicted octanol–water partition coefficient (Wildman–Crippen LogP) is 0.657. The quantitative estimate of drug-likeness (QED) is 0.362. The van der Waals surface area contributed by atoms with Crippen LogP contribution in [0.5, 0.6) is 0 Å². The lowest BCUT2D eigenvalue weighted by molar-refractivity contribution is 0.00749. The largest absolute Gasteiger partial charge is 0.379 e. The maximum atomic E-state index is 5.32. The van der Waals surface area contributed by atoms with Gasteiger partial charge in [-0.3, -0.25) is 11.3 Å². The van der Waals surface area contributed by atoms with Gasteiger partial charge in [-0.2, -0.15) is 0 Å². The summed E-state index contributed by atoms with van der Waals surface area (Å²) in [6.45, 7) is 4.02. The first-order valence-electron chi connectivity index (χ1n) is 4.00. The van der Waals surface area contributed by atoms with E-state index in [1.54, 1.807) is 7.11 Å². The molecule has 0 spiro atoms. The minimum atomic E-state index is -0.173. The molecule has 0 fully saturated rings. The molecule has 0 heterocycles. The highest BCUT2D eigenvalue weighted by atomic mass is 16.5. The molecule has 0 radical (unpaired) electrons. The molecule has 0 aromatic carbocycles. The number of rotatable bonds is 5. The number of terminal acetylenes is 1. The van der Waals surface area contributed by atoms with E-state index >= 15 is 0 Å². The summed E-state index contributed by atoms with van der Waals surface area (Å²) in [5.74, 6) is 7.89. The molecule has 0 saturated heterocycles. The summed E-state index contributed by atoms with van der Waals surface area (Å²) in [6.07, 6.45) is 6.62. The lowest BCUT2D eigenvalue weighted by Crippen LogP contribution is -2.41. The molecule has 0 aliphatic rings. The van der Waals surface area contributed by atoms with Crippen LogP contribution < -0.4 is 11.3 Å². The second-order valence-electron chi connectivity index (χ2n) is 3.44. The first kappa shape index (κ1) is 11.4. The average molecular weight is 170 g/mol. The van der Waals surface area contributed by atoms with Gasteiger partial charge < -0.3 is 4.74 Å². The standard InChI is InChI=1S/C9H18N2O/c1-5-6-8(11-10)7-9(2,3)12-4/h1,8,11H,6-7,10H2,2-4H3. The molecule has 3 nitrogen and oxygen atoms in total. The molecule has 1 atom stereocenters. The summed E-state index contributed by atoms with van der Waals surface area (Å²) in [4.78, 5) is 0. The number of hydrogen-bond acceptors (Lipinski definition) is 3. The summed E-state index contributed by atoms with van der Waals surface area (Å²) in [5, 5.41) is 0. The Labute approximate surface area is 74.6 Å².